The highest BCUT2D eigenvalue weighted by molar-refractivity contribution is 6.53. The molecule has 0 aliphatic carbocycles. The highest BCUT2D eigenvalue weighted by Crippen LogP contribution is 2.33. The topological polar surface area (TPSA) is 69.7 Å². The van der Waals surface area contributed by atoms with Crippen LogP contribution in [0.5, 0.6) is 0 Å². The van der Waals surface area contributed by atoms with Crippen LogP contribution in [-0.2, 0) is 9.59 Å². The van der Waals surface area contributed by atoms with Gasteiger partial charge in [-0.1, -0.05) is 36.2 Å². The molecule has 1 fully saturated rings. The van der Waals surface area contributed by atoms with Crippen molar-refractivity contribution in [2.75, 3.05) is 23.3 Å². The van der Waals surface area contributed by atoms with Gasteiger partial charge < -0.3 is 10.2 Å². The number of nitrogens with zero attached hydrogens (tertiary/aromatic N) is 2. The molecule has 1 atom stereocenters. The Kier molecular flexibility index (Phi) is 6.26. The zero-order valence-electron chi connectivity index (χ0n) is 17.8. The number of likely N-dealkylation sites (tertiary alicyclic amines) is 1. The Morgan fingerprint density at radius 3 is 2.47 bits per heavy atom. The number of rotatable bonds is 4. The first-order valence-corrected chi connectivity index (χ1v) is 11.2. The number of nitrogens with one attached hydrogen (secondary N) is 1. The van der Waals surface area contributed by atoms with E-state index in [1.54, 1.807) is 49.4 Å². The van der Waals surface area contributed by atoms with Gasteiger partial charge in [0.05, 0.1) is 5.69 Å². The molecule has 0 aromatic heterocycles. The first kappa shape index (κ1) is 22.4. The third-order valence-corrected chi connectivity index (χ3v) is 6.37. The number of piperidine rings is 1. The van der Waals surface area contributed by atoms with Gasteiger partial charge in [-0.25, -0.2) is 4.90 Å². The predicted molar refractivity (Wildman–Crippen MR) is 126 cm³/mol. The minimum atomic E-state index is -0.615. The van der Waals surface area contributed by atoms with Gasteiger partial charge in [-0.05, 0) is 67.6 Å². The Hall–Kier alpha value is -2.83. The van der Waals surface area contributed by atoms with Crippen LogP contribution in [0.15, 0.2) is 53.2 Å². The number of benzene rings is 2. The third kappa shape index (κ3) is 4.25. The summed E-state index contributed by atoms with van der Waals surface area (Å²) in [5.74, 6) is -0.682. The van der Waals surface area contributed by atoms with Gasteiger partial charge in [-0.2, -0.15) is 0 Å². The molecule has 32 heavy (non-hydrogen) atoms. The van der Waals surface area contributed by atoms with Crippen molar-refractivity contribution < 1.29 is 14.4 Å². The molecule has 166 valence electrons. The molecule has 1 saturated heterocycles. The molecule has 0 saturated carbocycles. The lowest BCUT2D eigenvalue weighted by Gasteiger charge is -2.31. The lowest BCUT2D eigenvalue weighted by Crippen LogP contribution is -2.39. The number of carbonyl (C=O) groups excluding carboxylic acids is 3. The Bertz CT molecular complexity index is 1130. The monoisotopic (exact) mass is 471 g/mol. The van der Waals surface area contributed by atoms with E-state index in [-0.39, 0.29) is 16.6 Å². The van der Waals surface area contributed by atoms with Crippen LogP contribution in [0, 0.1) is 12.8 Å². The van der Waals surface area contributed by atoms with Crippen molar-refractivity contribution >= 4 is 52.3 Å². The number of aryl methyl sites for hydroxylation is 1. The molecule has 0 bridgehead atoms. The number of imide groups is 1. The van der Waals surface area contributed by atoms with E-state index >= 15 is 0 Å². The average Bonchev–Trinajstić information content (AvgIpc) is 2.98. The molecule has 3 amide bonds. The SMILES string of the molecule is Cc1ccc(Cl)cc1N1C(=O)C(Cl)=C(Nc2ccc(C(=O)N3CCCC(C)C3)cc2)C1=O. The van der Waals surface area contributed by atoms with E-state index < -0.39 is 11.8 Å². The van der Waals surface area contributed by atoms with E-state index in [1.165, 1.54) is 0 Å². The van der Waals surface area contributed by atoms with Gasteiger partial charge in [0.1, 0.15) is 10.7 Å². The van der Waals surface area contributed by atoms with Crippen LogP contribution in [0.3, 0.4) is 0 Å². The number of amides is 3. The number of halogens is 2. The van der Waals surface area contributed by atoms with E-state index in [4.69, 9.17) is 23.2 Å². The summed E-state index contributed by atoms with van der Waals surface area (Å²) < 4.78 is 0. The maximum atomic E-state index is 13.0. The van der Waals surface area contributed by atoms with Crippen molar-refractivity contribution in [3.8, 4) is 0 Å². The largest absolute Gasteiger partial charge is 0.350 e. The number of carbonyl (C=O) groups is 3. The van der Waals surface area contributed by atoms with Crippen molar-refractivity contribution in [3.05, 3.63) is 69.3 Å². The average molecular weight is 472 g/mol. The fraction of sp³-hybridized carbons (Fsp3) is 0.292. The van der Waals surface area contributed by atoms with Gasteiger partial charge in [0.2, 0.25) is 0 Å². The molecule has 1 N–H and O–H groups in total. The van der Waals surface area contributed by atoms with Crippen LogP contribution in [-0.4, -0.2) is 35.7 Å². The fourth-order valence-electron chi connectivity index (χ4n) is 4.05. The van der Waals surface area contributed by atoms with E-state index in [2.05, 4.69) is 12.2 Å². The summed E-state index contributed by atoms with van der Waals surface area (Å²) in [5.41, 5.74) is 2.22. The smallest absolute Gasteiger partial charge is 0.283 e. The van der Waals surface area contributed by atoms with Gasteiger partial charge in [-0.3, -0.25) is 14.4 Å². The molecule has 0 radical (unpaired) electrons. The van der Waals surface area contributed by atoms with Crippen LogP contribution in [0.25, 0.3) is 0 Å². The van der Waals surface area contributed by atoms with Crippen LogP contribution >= 0.6 is 23.2 Å². The predicted octanol–water partition coefficient (Wildman–Crippen LogP) is 4.96. The third-order valence-electron chi connectivity index (χ3n) is 5.78. The second-order valence-electron chi connectivity index (χ2n) is 8.27. The molecular formula is C24H23Cl2N3O3. The highest BCUT2D eigenvalue weighted by atomic mass is 35.5. The normalized spacial score (nSPS) is 19.1. The second-order valence-corrected chi connectivity index (χ2v) is 9.08. The van der Waals surface area contributed by atoms with Crippen molar-refractivity contribution in [2.45, 2.75) is 26.7 Å². The van der Waals surface area contributed by atoms with E-state index in [0.29, 0.717) is 27.9 Å². The van der Waals surface area contributed by atoms with Gasteiger partial charge in [0, 0.05) is 29.4 Å². The standard InChI is InChI=1S/C24H23Cl2N3O3/c1-14-4-3-11-28(13-14)22(30)16-6-9-18(10-7-16)27-21-20(26)23(31)29(24(21)32)19-12-17(25)8-5-15(19)2/h5-10,12,14,27H,3-4,11,13H2,1-2H3. The summed E-state index contributed by atoms with van der Waals surface area (Å²) in [6.45, 7) is 5.46. The van der Waals surface area contributed by atoms with Crippen LogP contribution in [0.4, 0.5) is 11.4 Å². The number of hydrogen-bond donors (Lipinski definition) is 1. The summed E-state index contributed by atoms with van der Waals surface area (Å²) in [7, 11) is 0. The van der Waals surface area contributed by atoms with Crippen LogP contribution < -0.4 is 10.2 Å². The quantitative estimate of drug-likeness (QED) is 0.639. The molecule has 4 rings (SSSR count). The van der Waals surface area contributed by atoms with Gasteiger partial charge in [0.25, 0.3) is 17.7 Å². The number of anilines is 2. The Balaban J connectivity index is 1.51. The second kappa shape index (κ2) is 8.96. The summed E-state index contributed by atoms with van der Waals surface area (Å²) in [5, 5.41) is 3.15. The van der Waals surface area contributed by atoms with Gasteiger partial charge >= 0.3 is 0 Å². The first-order chi connectivity index (χ1) is 15.3. The fourth-order valence-corrected chi connectivity index (χ4v) is 4.43. The maximum absolute atomic E-state index is 13.0. The molecule has 2 aliphatic rings. The zero-order chi connectivity index (χ0) is 23.0. The minimum absolute atomic E-state index is 0.00456. The Morgan fingerprint density at radius 2 is 1.78 bits per heavy atom. The summed E-state index contributed by atoms with van der Waals surface area (Å²) in [4.78, 5) is 41.4. The minimum Gasteiger partial charge on any atom is -0.350 e. The molecule has 6 nitrogen and oxygen atoms in total. The van der Waals surface area contributed by atoms with E-state index in [1.807, 2.05) is 4.90 Å². The highest BCUT2D eigenvalue weighted by Gasteiger charge is 2.39. The van der Waals surface area contributed by atoms with Crippen molar-refractivity contribution in [2.24, 2.45) is 5.92 Å². The lowest BCUT2D eigenvalue weighted by atomic mass is 9.99. The molecule has 8 heteroatoms. The first-order valence-electron chi connectivity index (χ1n) is 10.5. The summed E-state index contributed by atoms with van der Waals surface area (Å²) in [6.07, 6.45) is 2.15. The Morgan fingerprint density at radius 1 is 1.06 bits per heavy atom. The molecule has 1 unspecified atom stereocenters. The molecule has 2 aromatic carbocycles. The van der Waals surface area contributed by atoms with Gasteiger partial charge in [0.15, 0.2) is 0 Å². The summed E-state index contributed by atoms with van der Waals surface area (Å²) in [6, 6.07) is 11.8. The zero-order valence-corrected chi connectivity index (χ0v) is 19.3. The van der Waals surface area contributed by atoms with Crippen LogP contribution in [0.1, 0.15) is 35.7 Å². The molecule has 2 heterocycles. The molecule has 2 aliphatic heterocycles. The summed E-state index contributed by atoms with van der Waals surface area (Å²) >= 11 is 12.3. The maximum Gasteiger partial charge on any atom is 0.283 e. The van der Waals surface area contributed by atoms with Crippen molar-refractivity contribution in [1.82, 2.24) is 4.90 Å². The van der Waals surface area contributed by atoms with Crippen LogP contribution in [0.2, 0.25) is 5.02 Å². The molecule has 0 spiro atoms. The lowest BCUT2D eigenvalue weighted by molar-refractivity contribution is -0.120. The van der Waals surface area contributed by atoms with Crippen molar-refractivity contribution in [1.29, 1.82) is 0 Å². The van der Waals surface area contributed by atoms with E-state index in [9.17, 15) is 14.4 Å². The van der Waals surface area contributed by atoms with E-state index in [0.717, 1.165) is 36.4 Å². The number of hydrogen-bond acceptors (Lipinski definition) is 4. The Labute approximate surface area is 196 Å². The van der Waals surface area contributed by atoms with Crippen molar-refractivity contribution in [3.63, 3.8) is 0 Å². The molecule has 2 aromatic rings. The molecular weight excluding hydrogens is 449 g/mol. The van der Waals surface area contributed by atoms with Gasteiger partial charge in [-0.15, -0.1) is 0 Å².